The number of aryl methyl sites for hydroxylation is 1. The smallest absolute Gasteiger partial charge is 0.222 e. The summed E-state index contributed by atoms with van der Waals surface area (Å²) in [7, 11) is 2.01. The highest BCUT2D eigenvalue weighted by atomic mass is 16.5. The van der Waals surface area contributed by atoms with Crippen molar-refractivity contribution in [1.29, 1.82) is 0 Å². The third-order valence-corrected chi connectivity index (χ3v) is 2.91. The van der Waals surface area contributed by atoms with Crippen LogP contribution in [0.4, 0.5) is 11.8 Å². The molecule has 1 heterocycles. The minimum atomic E-state index is 0.168. The van der Waals surface area contributed by atoms with Crippen LogP contribution in [0.2, 0.25) is 0 Å². The monoisotopic (exact) mass is 252 g/mol. The van der Waals surface area contributed by atoms with E-state index in [0.29, 0.717) is 5.95 Å². The van der Waals surface area contributed by atoms with Crippen molar-refractivity contribution in [2.45, 2.75) is 40.2 Å². The van der Waals surface area contributed by atoms with Crippen LogP contribution < -0.4 is 10.6 Å². The number of likely N-dealkylation sites (N-methyl/N-ethyl adjacent to an activating group) is 1. The summed E-state index contributed by atoms with van der Waals surface area (Å²) in [5, 5.41) is 0. The lowest BCUT2D eigenvalue weighted by Crippen LogP contribution is -2.31. The Bertz CT molecular complexity index is 395. The Morgan fingerprint density at radius 3 is 2.56 bits per heavy atom. The first-order valence-corrected chi connectivity index (χ1v) is 6.45. The van der Waals surface area contributed by atoms with Gasteiger partial charge in [0.05, 0.1) is 6.10 Å². The predicted molar refractivity (Wildman–Crippen MR) is 74.9 cm³/mol. The Morgan fingerprint density at radius 2 is 2.00 bits per heavy atom. The minimum absolute atomic E-state index is 0.168. The summed E-state index contributed by atoms with van der Waals surface area (Å²) in [4.78, 5) is 10.7. The van der Waals surface area contributed by atoms with E-state index in [-0.39, 0.29) is 6.10 Å². The van der Waals surface area contributed by atoms with Gasteiger partial charge >= 0.3 is 0 Å². The van der Waals surface area contributed by atoms with Gasteiger partial charge < -0.3 is 15.4 Å². The van der Waals surface area contributed by atoms with Crippen molar-refractivity contribution in [2.24, 2.45) is 0 Å². The number of nitrogen functional groups attached to an aromatic ring is 1. The van der Waals surface area contributed by atoms with Crippen molar-refractivity contribution in [3.63, 3.8) is 0 Å². The van der Waals surface area contributed by atoms with Crippen molar-refractivity contribution >= 4 is 11.8 Å². The summed E-state index contributed by atoms with van der Waals surface area (Å²) in [6, 6.07) is 0. The van der Waals surface area contributed by atoms with E-state index in [1.807, 2.05) is 20.9 Å². The normalized spacial score (nSPS) is 12.5. The van der Waals surface area contributed by atoms with Crippen LogP contribution in [0, 0.1) is 6.92 Å². The second-order valence-corrected chi connectivity index (χ2v) is 4.47. The molecule has 0 radical (unpaired) electrons. The first-order valence-electron chi connectivity index (χ1n) is 6.45. The SMILES string of the molecule is CCOC(C)CN(C)c1nc(N)nc(C)c1CC. The second kappa shape index (κ2) is 6.54. The Balaban J connectivity index is 2.93. The predicted octanol–water partition coefficient (Wildman–Crippen LogP) is 1.79. The molecule has 0 amide bonds. The average molecular weight is 252 g/mol. The quantitative estimate of drug-likeness (QED) is 0.836. The zero-order valence-electron chi connectivity index (χ0n) is 12.0. The molecule has 0 saturated carbocycles. The van der Waals surface area contributed by atoms with E-state index < -0.39 is 0 Å². The zero-order valence-corrected chi connectivity index (χ0v) is 12.0. The van der Waals surface area contributed by atoms with Gasteiger partial charge in [-0.05, 0) is 27.2 Å². The molecule has 0 aliphatic carbocycles. The van der Waals surface area contributed by atoms with Crippen molar-refractivity contribution < 1.29 is 4.74 Å². The maximum Gasteiger partial charge on any atom is 0.222 e. The summed E-state index contributed by atoms with van der Waals surface area (Å²) in [6.07, 6.45) is 1.07. The molecule has 0 aromatic carbocycles. The van der Waals surface area contributed by atoms with Gasteiger partial charge in [-0.1, -0.05) is 6.92 Å². The van der Waals surface area contributed by atoms with Crippen LogP contribution in [0.3, 0.4) is 0 Å². The van der Waals surface area contributed by atoms with Gasteiger partial charge in [-0.3, -0.25) is 0 Å². The molecule has 1 aromatic heterocycles. The lowest BCUT2D eigenvalue weighted by Gasteiger charge is -2.25. The molecule has 1 rings (SSSR count). The van der Waals surface area contributed by atoms with Crippen LogP contribution in [-0.2, 0) is 11.2 Å². The molecule has 0 fully saturated rings. The average Bonchev–Trinajstić information content (AvgIpc) is 2.28. The van der Waals surface area contributed by atoms with Gasteiger partial charge in [0, 0.05) is 31.5 Å². The van der Waals surface area contributed by atoms with Crippen LogP contribution in [0.25, 0.3) is 0 Å². The van der Waals surface area contributed by atoms with Gasteiger partial charge in [0.15, 0.2) is 0 Å². The molecule has 1 aromatic rings. The van der Waals surface area contributed by atoms with Gasteiger partial charge in [0.2, 0.25) is 5.95 Å². The third-order valence-electron chi connectivity index (χ3n) is 2.91. The second-order valence-electron chi connectivity index (χ2n) is 4.47. The number of ether oxygens (including phenoxy) is 1. The highest BCUT2D eigenvalue weighted by Crippen LogP contribution is 2.21. The molecule has 5 heteroatoms. The Labute approximate surface area is 109 Å². The molecule has 1 unspecified atom stereocenters. The molecule has 2 N–H and O–H groups in total. The molecule has 18 heavy (non-hydrogen) atoms. The van der Waals surface area contributed by atoms with E-state index >= 15 is 0 Å². The molecule has 0 saturated heterocycles. The van der Waals surface area contributed by atoms with Crippen LogP contribution in [-0.4, -0.2) is 36.3 Å². The first kappa shape index (κ1) is 14.7. The molecule has 1 atom stereocenters. The third kappa shape index (κ3) is 3.57. The van der Waals surface area contributed by atoms with E-state index in [1.54, 1.807) is 0 Å². The number of nitrogens with zero attached hydrogens (tertiary/aromatic N) is 3. The van der Waals surface area contributed by atoms with E-state index in [4.69, 9.17) is 10.5 Å². The lowest BCUT2D eigenvalue weighted by molar-refractivity contribution is 0.0816. The summed E-state index contributed by atoms with van der Waals surface area (Å²) < 4.78 is 5.55. The van der Waals surface area contributed by atoms with Crippen molar-refractivity contribution in [3.8, 4) is 0 Å². The fourth-order valence-electron chi connectivity index (χ4n) is 2.14. The number of nitrogens with two attached hydrogens (primary N) is 1. The summed E-state index contributed by atoms with van der Waals surface area (Å²) >= 11 is 0. The van der Waals surface area contributed by atoms with Crippen molar-refractivity contribution in [1.82, 2.24) is 9.97 Å². The summed E-state index contributed by atoms with van der Waals surface area (Å²) in [5.41, 5.74) is 7.83. The van der Waals surface area contributed by atoms with E-state index in [9.17, 15) is 0 Å². The molecule has 5 nitrogen and oxygen atoms in total. The number of anilines is 2. The van der Waals surface area contributed by atoms with E-state index in [1.165, 1.54) is 0 Å². The fraction of sp³-hybridized carbons (Fsp3) is 0.692. The molecule has 0 aliphatic rings. The summed E-state index contributed by atoms with van der Waals surface area (Å²) in [5.74, 6) is 1.24. The van der Waals surface area contributed by atoms with Gasteiger partial charge in [0.1, 0.15) is 5.82 Å². The minimum Gasteiger partial charge on any atom is -0.377 e. The van der Waals surface area contributed by atoms with Crippen LogP contribution in [0.1, 0.15) is 32.0 Å². The van der Waals surface area contributed by atoms with Crippen molar-refractivity contribution in [3.05, 3.63) is 11.3 Å². The van der Waals surface area contributed by atoms with Gasteiger partial charge in [-0.2, -0.15) is 4.98 Å². The zero-order chi connectivity index (χ0) is 13.7. The van der Waals surface area contributed by atoms with Gasteiger partial charge in [0.25, 0.3) is 0 Å². The van der Waals surface area contributed by atoms with Crippen molar-refractivity contribution in [2.75, 3.05) is 30.8 Å². The highest BCUT2D eigenvalue weighted by molar-refractivity contribution is 5.51. The maximum atomic E-state index is 5.73. The Morgan fingerprint density at radius 1 is 1.33 bits per heavy atom. The first-order chi connectivity index (χ1) is 8.49. The Hall–Kier alpha value is -1.36. The number of rotatable bonds is 6. The molecule has 0 spiro atoms. The van der Waals surface area contributed by atoms with E-state index in [2.05, 4.69) is 28.7 Å². The van der Waals surface area contributed by atoms with Crippen LogP contribution in [0.15, 0.2) is 0 Å². The largest absolute Gasteiger partial charge is 0.377 e. The molecule has 0 aliphatic heterocycles. The molecular formula is C13H24N4O. The van der Waals surface area contributed by atoms with Gasteiger partial charge in [-0.25, -0.2) is 4.98 Å². The number of aromatic nitrogens is 2. The number of hydrogen-bond donors (Lipinski definition) is 1. The Kier molecular flexibility index (Phi) is 5.34. The van der Waals surface area contributed by atoms with Crippen LogP contribution in [0.5, 0.6) is 0 Å². The highest BCUT2D eigenvalue weighted by Gasteiger charge is 2.15. The number of hydrogen-bond acceptors (Lipinski definition) is 5. The summed E-state index contributed by atoms with van der Waals surface area (Å²) in [6.45, 7) is 9.65. The molecule has 0 bridgehead atoms. The molecule has 102 valence electrons. The standard InChI is InChI=1S/C13H24N4O/c1-6-11-10(4)15-13(14)16-12(11)17(5)8-9(3)18-7-2/h9H,6-8H2,1-5H3,(H2,14,15,16). The molecular weight excluding hydrogens is 228 g/mol. The van der Waals surface area contributed by atoms with Gasteiger partial charge in [-0.15, -0.1) is 0 Å². The fourth-order valence-corrected chi connectivity index (χ4v) is 2.14. The van der Waals surface area contributed by atoms with Crippen LogP contribution >= 0.6 is 0 Å². The van der Waals surface area contributed by atoms with E-state index in [0.717, 1.165) is 36.6 Å². The lowest BCUT2D eigenvalue weighted by atomic mass is 10.1. The topological polar surface area (TPSA) is 64.3 Å². The maximum absolute atomic E-state index is 5.73.